The van der Waals surface area contributed by atoms with Crippen molar-refractivity contribution in [1.29, 1.82) is 0 Å². The highest BCUT2D eigenvalue weighted by molar-refractivity contribution is 7.99. The van der Waals surface area contributed by atoms with Crippen molar-refractivity contribution >= 4 is 17.7 Å². The van der Waals surface area contributed by atoms with Crippen LogP contribution in [0, 0.1) is 0 Å². The molecule has 0 saturated heterocycles. The van der Waals surface area contributed by atoms with Crippen LogP contribution in [0.4, 0.5) is 0 Å². The topological polar surface area (TPSA) is 72.9 Å². The standard InChI is InChI=1S/C10H18N4OS/c1-10(12-2,9(11)15)4-5-16-8-6-13-14(3)7-8/h6-7,12H,4-5H2,1-3H3,(H2,11,15). The summed E-state index contributed by atoms with van der Waals surface area (Å²) in [6.45, 7) is 1.82. The fourth-order valence-corrected chi connectivity index (χ4v) is 2.31. The van der Waals surface area contributed by atoms with Gasteiger partial charge in [0.2, 0.25) is 5.91 Å². The van der Waals surface area contributed by atoms with E-state index in [1.165, 1.54) is 0 Å². The fourth-order valence-electron chi connectivity index (χ4n) is 1.22. The zero-order valence-corrected chi connectivity index (χ0v) is 10.7. The van der Waals surface area contributed by atoms with Gasteiger partial charge < -0.3 is 11.1 Å². The third-order valence-electron chi connectivity index (χ3n) is 2.65. The van der Waals surface area contributed by atoms with E-state index in [0.717, 1.165) is 10.6 Å². The number of amides is 1. The number of nitrogens with one attached hydrogen (secondary N) is 1. The second kappa shape index (κ2) is 5.36. The average Bonchev–Trinajstić information content (AvgIpc) is 2.63. The maximum absolute atomic E-state index is 11.2. The lowest BCUT2D eigenvalue weighted by molar-refractivity contribution is -0.123. The highest BCUT2D eigenvalue weighted by Crippen LogP contribution is 2.20. The molecule has 0 aromatic carbocycles. The Balaban J connectivity index is 2.43. The molecule has 1 rings (SSSR count). The molecule has 0 aliphatic carbocycles. The predicted octanol–water partition coefficient (Wildman–Crippen LogP) is 0.366. The van der Waals surface area contributed by atoms with E-state index in [1.807, 2.05) is 26.4 Å². The van der Waals surface area contributed by atoms with Gasteiger partial charge >= 0.3 is 0 Å². The molecular weight excluding hydrogens is 224 g/mol. The lowest BCUT2D eigenvalue weighted by Gasteiger charge is -2.24. The zero-order valence-electron chi connectivity index (χ0n) is 9.86. The van der Waals surface area contributed by atoms with Gasteiger partial charge in [-0.05, 0) is 20.4 Å². The summed E-state index contributed by atoms with van der Waals surface area (Å²) in [5.74, 6) is 0.508. The Hall–Kier alpha value is -1.01. The first-order valence-corrected chi connectivity index (χ1v) is 6.07. The van der Waals surface area contributed by atoms with E-state index in [4.69, 9.17) is 5.73 Å². The molecule has 0 aliphatic heterocycles. The van der Waals surface area contributed by atoms with Crippen molar-refractivity contribution in [2.45, 2.75) is 23.8 Å². The summed E-state index contributed by atoms with van der Waals surface area (Å²) in [5.41, 5.74) is 4.71. The summed E-state index contributed by atoms with van der Waals surface area (Å²) >= 11 is 1.67. The molecule has 0 saturated carbocycles. The first-order valence-electron chi connectivity index (χ1n) is 5.08. The van der Waals surface area contributed by atoms with Crippen LogP contribution in [0.5, 0.6) is 0 Å². The van der Waals surface area contributed by atoms with E-state index in [-0.39, 0.29) is 5.91 Å². The molecule has 0 spiro atoms. The van der Waals surface area contributed by atoms with Gasteiger partial charge in [-0.3, -0.25) is 9.48 Å². The molecule has 0 bridgehead atoms. The number of likely N-dealkylation sites (N-methyl/N-ethyl adjacent to an activating group) is 1. The van der Waals surface area contributed by atoms with Crippen molar-refractivity contribution in [3.8, 4) is 0 Å². The van der Waals surface area contributed by atoms with E-state index in [2.05, 4.69) is 10.4 Å². The van der Waals surface area contributed by atoms with Gasteiger partial charge in [-0.25, -0.2) is 0 Å². The fraction of sp³-hybridized carbons (Fsp3) is 0.600. The monoisotopic (exact) mass is 242 g/mol. The molecule has 6 heteroatoms. The molecule has 3 N–H and O–H groups in total. The maximum Gasteiger partial charge on any atom is 0.237 e. The average molecular weight is 242 g/mol. The van der Waals surface area contributed by atoms with E-state index in [1.54, 1.807) is 23.5 Å². The Morgan fingerprint density at radius 1 is 1.75 bits per heavy atom. The van der Waals surface area contributed by atoms with Crippen LogP contribution < -0.4 is 11.1 Å². The van der Waals surface area contributed by atoms with Crippen molar-refractivity contribution in [2.24, 2.45) is 12.8 Å². The van der Waals surface area contributed by atoms with Crippen LogP contribution in [0.15, 0.2) is 17.3 Å². The highest BCUT2D eigenvalue weighted by atomic mass is 32.2. The Labute approximate surface area is 99.8 Å². The molecule has 1 unspecified atom stereocenters. The summed E-state index contributed by atoms with van der Waals surface area (Å²) in [6, 6.07) is 0. The SMILES string of the molecule is CNC(C)(CCSc1cnn(C)c1)C(N)=O. The Bertz CT molecular complexity index is 365. The molecule has 1 aromatic heterocycles. The van der Waals surface area contributed by atoms with Crippen LogP contribution >= 0.6 is 11.8 Å². The Kier molecular flexibility index (Phi) is 4.37. The molecule has 0 radical (unpaired) electrons. The van der Waals surface area contributed by atoms with Crippen LogP contribution in [0.1, 0.15) is 13.3 Å². The third kappa shape index (κ3) is 3.24. The number of hydrogen-bond acceptors (Lipinski definition) is 4. The number of hydrogen-bond donors (Lipinski definition) is 2. The molecule has 90 valence electrons. The summed E-state index contributed by atoms with van der Waals surface area (Å²) in [5, 5.41) is 7.04. The number of nitrogens with two attached hydrogens (primary N) is 1. The number of aryl methyl sites for hydroxylation is 1. The van der Waals surface area contributed by atoms with Crippen molar-refractivity contribution < 1.29 is 4.79 Å². The second-order valence-electron chi connectivity index (χ2n) is 3.89. The van der Waals surface area contributed by atoms with Gasteiger partial charge in [0, 0.05) is 23.9 Å². The summed E-state index contributed by atoms with van der Waals surface area (Å²) in [7, 11) is 3.63. The molecule has 5 nitrogen and oxygen atoms in total. The number of thioether (sulfide) groups is 1. The van der Waals surface area contributed by atoms with Crippen LogP contribution in [0.2, 0.25) is 0 Å². The number of aromatic nitrogens is 2. The van der Waals surface area contributed by atoms with Crippen molar-refractivity contribution in [3.05, 3.63) is 12.4 Å². The quantitative estimate of drug-likeness (QED) is 0.707. The summed E-state index contributed by atoms with van der Waals surface area (Å²) < 4.78 is 1.76. The highest BCUT2D eigenvalue weighted by Gasteiger charge is 2.28. The summed E-state index contributed by atoms with van der Waals surface area (Å²) in [6.07, 6.45) is 4.45. The van der Waals surface area contributed by atoms with E-state index in [9.17, 15) is 4.79 Å². The van der Waals surface area contributed by atoms with E-state index >= 15 is 0 Å². The number of primary amides is 1. The third-order valence-corrected chi connectivity index (χ3v) is 3.60. The van der Waals surface area contributed by atoms with Crippen LogP contribution in [0.25, 0.3) is 0 Å². The zero-order chi connectivity index (χ0) is 12.2. The molecule has 0 fully saturated rings. The van der Waals surface area contributed by atoms with Gasteiger partial charge in [-0.15, -0.1) is 11.8 Å². The second-order valence-corrected chi connectivity index (χ2v) is 5.06. The minimum Gasteiger partial charge on any atom is -0.368 e. The smallest absolute Gasteiger partial charge is 0.237 e. The number of carbonyl (C=O) groups excluding carboxylic acids is 1. The van der Waals surface area contributed by atoms with Gasteiger partial charge in [0.15, 0.2) is 0 Å². The molecule has 1 heterocycles. The molecule has 16 heavy (non-hydrogen) atoms. The van der Waals surface area contributed by atoms with E-state index in [0.29, 0.717) is 6.42 Å². The minimum atomic E-state index is -0.630. The van der Waals surface area contributed by atoms with Gasteiger partial charge in [0.05, 0.1) is 11.7 Å². The summed E-state index contributed by atoms with van der Waals surface area (Å²) in [4.78, 5) is 12.3. The molecular formula is C10H18N4OS. The van der Waals surface area contributed by atoms with Crippen molar-refractivity contribution in [1.82, 2.24) is 15.1 Å². The van der Waals surface area contributed by atoms with Gasteiger partial charge in [0.25, 0.3) is 0 Å². The lowest BCUT2D eigenvalue weighted by atomic mass is 9.99. The molecule has 0 aliphatic rings. The first-order chi connectivity index (χ1) is 7.48. The largest absolute Gasteiger partial charge is 0.368 e. The molecule has 1 amide bonds. The van der Waals surface area contributed by atoms with Crippen molar-refractivity contribution in [2.75, 3.05) is 12.8 Å². The predicted molar refractivity (Wildman–Crippen MR) is 65.2 cm³/mol. The van der Waals surface area contributed by atoms with Crippen LogP contribution in [0.3, 0.4) is 0 Å². The number of rotatable bonds is 6. The minimum absolute atomic E-state index is 0.318. The van der Waals surface area contributed by atoms with Gasteiger partial charge in [-0.2, -0.15) is 5.10 Å². The Morgan fingerprint density at radius 2 is 2.44 bits per heavy atom. The van der Waals surface area contributed by atoms with E-state index < -0.39 is 5.54 Å². The molecule has 1 atom stereocenters. The maximum atomic E-state index is 11.2. The van der Waals surface area contributed by atoms with Gasteiger partial charge in [0.1, 0.15) is 0 Å². The van der Waals surface area contributed by atoms with Crippen LogP contribution in [-0.4, -0.2) is 34.0 Å². The number of carbonyl (C=O) groups is 1. The lowest BCUT2D eigenvalue weighted by Crippen LogP contribution is -2.51. The molecule has 1 aromatic rings. The van der Waals surface area contributed by atoms with Crippen molar-refractivity contribution in [3.63, 3.8) is 0 Å². The number of nitrogens with zero attached hydrogens (tertiary/aromatic N) is 2. The normalized spacial score (nSPS) is 14.7. The van der Waals surface area contributed by atoms with Crippen LogP contribution in [-0.2, 0) is 11.8 Å². The Morgan fingerprint density at radius 3 is 2.88 bits per heavy atom. The first kappa shape index (κ1) is 13.1. The van der Waals surface area contributed by atoms with Gasteiger partial charge in [-0.1, -0.05) is 0 Å².